The van der Waals surface area contributed by atoms with Crippen molar-refractivity contribution < 1.29 is 27.9 Å². The Labute approximate surface area is 235 Å². The molecule has 9 heteroatoms. The van der Waals surface area contributed by atoms with Crippen molar-refractivity contribution in [2.45, 2.75) is 66.5 Å². The van der Waals surface area contributed by atoms with Crippen LogP contribution in [-0.4, -0.2) is 75.7 Å². The number of carboxylic acid groups (broad SMARTS) is 1. The molecule has 1 aliphatic heterocycles. The highest BCUT2D eigenvalue weighted by Crippen LogP contribution is 2.29. The molecule has 0 spiro atoms. The van der Waals surface area contributed by atoms with Gasteiger partial charge < -0.3 is 15.2 Å². The topological polar surface area (TPSA) is 113 Å². The van der Waals surface area contributed by atoms with Crippen LogP contribution in [0.15, 0.2) is 42.5 Å². The maximum atomic E-state index is 13.1. The Morgan fingerprint density at radius 2 is 1.56 bits per heavy atom. The predicted molar refractivity (Wildman–Crippen MR) is 160 cm³/mol. The second-order valence-electron chi connectivity index (χ2n) is 8.87. The quantitative estimate of drug-likeness (QED) is 0.431. The second-order valence-corrected chi connectivity index (χ2v) is 11.1. The summed E-state index contributed by atoms with van der Waals surface area (Å²) >= 11 is 0. The summed E-state index contributed by atoms with van der Waals surface area (Å²) in [7, 11) is -0.0964. The molecule has 1 atom stereocenters. The van der Waals surface area contributed by atoms with E-state index in [9.17, 15) is 23.1 Å². The third-order valence-corrected chi connectivity index (χ3v) is 6.73. The number of hydrogen-bond acceptors (Lipinski definition) is 6. The van der Waals surface area contributed by atoms with Crippen molar-refractivity contribution in [2.24, 2.45) is 0 Å². The Balaban J connectivity index is 0.00000189. The monoisotopic (exact) mass is 564 g/mol. The molecule has 3 rings (SSSR count). The second kappa shape index (κ2) is 19.3. The Bertz CT molecular complexity index is 1110. The normalized spacial score (nSPS) is 13.4. The number of methoxy groups -OCH3 is 1. The predicted octanol–water partition coefficient (Wildman–Crippen LogP) is 5.19. The Hall–Kier alpha value is -2.75. The van der Waals surface area contributed by atoms with E-state index in [2.05, 4.69) is 15.0 Å². The standard InChI is InChI=1S/C24H30N2O5S.C2H6O.2C2H6/c1-17-7-3-4-8-19(17)21-15-18(16-26-12-5-6-13-26)9-10-20(21)23(27)25-22(24(28)29)11-14-32(2,30)31;1-3-2;2*1-2/h3-4,7-10,15,22H,5-6,11-14,16H2,1-2H3,(H,25,27)(H,28,29);1-2H3;2*1-2H3. The molecule has 2 aromatic carbocycles. The van der Waals surface area contributed by atoms with Crippen LogP contribution in [0.3, 0.4) is 0 Å². The Kier molecular flexibility index (Phi) is 18.0. The maximum Gasteiger partial charge on any atom is 0.326 e. The first-order valence-electron chi connectivity index (χ1n) is 13.6. The number of carboxylic acids is 1. The van der Waals surface area contributed by atoms with E-state index in [1.165, 1.54) is 12.8 Å². The zero-order chi connectivity index (χ0) is 30.0. The van der Waals surface area contributed by atoms with Gasteiger partial charge in [-0.25, -0.2) is 13.2 Å². The van der Waals surface area contributed by atoms with Gasteiger partial charge in [0.2, 0.25) is 0 Å². The molecule has 1 aliphatic rings. The van der Waals surface area contributed by atoms with Crippen molar-refractivity contribution in [1.82, 2.24) is 10.2 Å². The minimum absolute atomic E-state index is 0.188. The van der Waals surface area contributed by atoms with Gasteiger partial charge in [-0.3, -0.25) is 9.69 Å². The van der Waals surface area contributed by atoms with Crippen LogP contribution >= 0.6 is 0 Å². The Morgan fingerprint density at radius 3 is 2.08 bits per heavy atom. The molecule has 1 saturated heterocycles. The smallest absolute Gasteiger partial charge is 0.326 e. The molecular weight excluding hydrogens is 516 g/mol. The Morgan fingerprint density at radius 1 is 1.00 bits per heavy atom. The SMILES string of the molecule is CC.CC.COC.Cc1ccccc1-c1cc(CN2CCCC2)ccc1C(=O)NC(CCS(C)(=O)=O)C(=O)O. The molecule has 0 radical (unpaired) electrons. The van der Waals surface area contributed by atoms with E-state index in [4.69, 9.17) is 0 Å². The molecule has 39 heavy (non-hydrogen) atoms. The summed E-state index contributed by atoms with van der Waals surface area (Å²) in [6, 6.07) is 12.1. The number of carbonyl (C=O) groups is 2. The molecular formula is C30H48N2O6S. The average molecular weight is 565 g/mol. The summed E-state index contributed by atoms with van der Waals surface area (Å²) in [4.78, 5) is 27.1. The van der Waals surface area contributed by atoms with Crippen molar-refractivity contribution in [3.63, 3.8) is 0 Å². The zero-order valence-corrected chi connectivity index (χ0v) is 25.7. The minimum atomic E-state index is -3.35. The highest BCUT2D eigenvalue weighted by molar-refractivity contribution is 7.90. The number of hydrogen-bond donors (Lipinski definition) is 2. The molecule has 1 heterocycles. The number of benzene rings is 2. The lowest BCUT2D eigenvalue weighted by Crippen LogP contribution is -2.42. The number of rotatable bonds is 9. The molecule has 2 aromatic rings. The molecule has 8 nitrogen and oxygen atoms in total. The van der Waals surface area contributed by atoms with E-state index < -0.39 is 27.8 Å². The minimum Gasteiger partial charge on any atom is -0.480 e. The van der Waals surface area contributed by atoms with Gasteiger partial charge in [-0.05, 0) is 73.7 Å². The molecule has 1 unspecified atom stereocenters. The van der Waals surface area contributed by atoms with Crippen molar-refractivity contribution in [3.8, 4) is 11.1 Å². The summed E-state index contributed by atoms with van der Waals surface area (Å²) in [6.45, 7) is 12.9. The van der Waals surface area contributed by atoms with Crippen molar-refractivity contribution in [1.29, 1.82) is 0 Å². The van der Waals surface area contributed by atoms with Gasteiger partial charge in [0.05, 0.1) is 5.75 Å². The molecule has 0 aliphatic carbocycles. The van der Waals surface area contributed by atoms with Crippen LogP contribution in [-0.2, 0) is 25.9 Å². The first-order chi connectivity index (χ1) is 18.6. The van der Waals surface area contributed by atoms with E-state index in [-0.39, 0.29) is 12.2 Å². The number of aryl methyl sites for hydroxylation is 1. The van der Waals surface area contributed by atoms with E-state index in [0.29, 0.717) is 5.56 Å². The molecule has 1 fully saturated rings. The number of carbonyl (C=O) groups excluding carboxylic acids is 1. The van der Waals surface area contributed by atoms with Crippen LogP contribution in [0.2, 0.25) is 0 Å². The van der Waals surface area contributed by atoms with Gasteiger partial charge in [-0.2, -0.15) is 0 Å². The van der Waals surface area contributed by atoms with Crippen LogP contribution in [0.25, 0.3) is 11.1 Å². The fourth-order valence-electron chi connectivity index (χ4n) is 4.01. The number of nitrogens with one attached hydrogen (secondary N) is 1. The van der Waals surface area contributed by atoms with Crippen molar-refractivity contribution in [2.75, 3.05) is 39.3 Å². The van der Waals surface area contributed by atoms with Gasteiger partial charge in [-0.1, -0.05) is 58.0 Å². The zero-order valence-electron chi connectivity index (χ0n) is 24.9. The number of likely N-dealkylation sites (tertiary alicyclic amines) is 1. The number of nitrogens with zero attached hydrogens (tertiary/aromatic N) is 1. The first-order valence-corrected chi connectivity index (χ1v) is 15.6. The largest absolute Gasteiger partial charge is 0.480 e. The fraction of sp³-hybridized carbons (Fsp3) is 0.533. The third kappa shape index (κ3) is 13.2. The lowest BCUT2D eigenvalue weighted by Gasteiger charge is -2.19. The highest BCUT2D eigenvalue weighted by atomic mass is 32.2. The van der Waals surface area contributed by atoms with Crippen LogP contribution < -0.4 is 5.32 Å². The van der Waals surface area contributed by atoms with Gasteiger partial charge >= 0.3 is 5.97 Å². The summed E-state index contributed by atoms with van der Waals surface area (Å²) in [5.74, 6) is -2.11. The van der Waals surface area contributed by atoms with Gasteiger partial charge in [0.15, 0.2) is 0 Å². The fourth-order valence-corrected chi connectivity index (χ4v) is 4.67. The third-order valence-electron chi connectivity index (χ3n) is 5.75. The molecule has 2 N–H and O–H groups in total. The van der Waals surface area contributed by atoms with Crippen LogP contribution in [0.1, 0.15) is 68.4 Å². The summed E-state index contributed by atoms with van der Waals surface area (Å²) < 4.78 is 27.2. The van der Waals surface area contributed by atoms with Crippen LogP contribution in [0.5, 0.6) is 0 Å². The van der Waals surface area contributed by atoms with E-state index in [1.807, 2.05) is 71.0 Å². The summed E-state index contributed by atoms with van der Waals surface area (Å²) in [5, 5.41) is 12.0. The molecule has 0 saturated carbocycles. The van der Waals surface area contributed by atoms with Gasteiger partial charge in [-0.15, -0.1) is 0 Å². The number of ether oxygens (including phenoxy) is 1. The lowest BCUT2D eigenvalue weighted by molar-refractivity contribution is -0.139. The van der Waals surface area contributed by atoms with Gasteiger partial charge in [0, 0.05) is 32.6 Å². The number of amides is 1. The van der Waals surface area contributed by atoms with Gasteiger partial charge in [0.25, 0.3) is 5.91 Å². The van der Waals surface area contributed by atoms with Crippen molar-refractivity contribution in [3.05, 3.63) is 59.2 Å². The number of aliphatic carboxylic acids is 1. The number of sulfone groups is 1. The van der Waals surface area contributed by atoms with Crippen LogP contribution in [0.4, 0.5) is 0 Å². The molecule has 1 amide bonds. The van der Waals surface area contributed by atoms with Gasteiger partial charge in [0.1, 0.15) is 15.9 Å². The van der Waals surface area contributed by atoms with E-state index in [1.54, 1.807) is 20.3 Å². The maximum absolute atomic E-state index is 13.1. The van der Waals surface area contributed by atoms with Crippen molar-refractivity contribution >= 4 is 21.7 Å². The molecule has 220 valence electrons. The van der Waals surface area contributed by atoms with Crippen LogP contribution in [0, 0.1) is 6.92 Å². The highest BCUT2D eigenvalue weighted by Gasteiger charge is 2.24. The first kappa shape index (κ1) is 36.2. The summed E-state index contributed by atoms with van der Waals surface area (Å²) in [6.07, 6.45) is 3.24. The average Bonchev–Trinajstić information content (AvgIpc) is 3.42. The summed E-state index contributed by atoms with van der Waals surface area (Å²) in [5.41, 5.74) is 4.11. The van der Waals surface area contributed by atoms with E-state index >= 15 is 0 Å². The molecule has 0 bridgehead atoms. The van der Waals surface area contributed by atoms with E-state index in [0.717, 1.165) is 48.1 Å². The molecule has 0 aromatic heterocycles. The lowest BCUT2D eigenvalue weighted by atomic mass is 9.93.